The van der Waals surface area contributed by atoms with Crippen LogP contribution < -0.4 is 0 Å². The average Bonchev–Trinajstić information content (AvgIpc) is 2.25. The number of piperidine rings is 1. The van der Waals surface area contributed by atoms with Crippen LogP contribution in [0.2, 0.25) is 0 Å². The van der Waals surface area contributed by atoms with Gasteiger partial charge in [-0.05, 0) is 25.7 Å². The van der Waals surface area contributed by atoms with Crippen LogP contribution in [-0.2, 0) is 0 Å². The molecule has 1 aliphatic heterocycles. The Hall–Kier alpha value is -0.0800. The lowest BCUT2D eigenvalue weighted by Gasteiger charge is -2.36. The van der Waals surface area contributed by atoms with Crippen molar-refractivity contribution in [2.24, 2.45) is 0 Å². The minimum atomic E-state index is -0.0327. The van der Waals surface area contributed by atoms with Crippen LogP contribution in [0.15, 0.2) is 0 Å². The Morgan fingerprint density at radius 3 is 2.33 bits per heavy atom. The SMILES string of the molecule is CCCCC(CCC)N1CCC(O)CC1. The maximum Gasteiger partial charge on any atom is 0.0564 e. The van der Waals surface area contributed by atoms with Crippen molar-refractivity contribution >= 4 is 0 Å². The van der Waals surface area contributed by atoms with E-state index < -0.39 is 0 Å². The first-order valence-electron chi connectivity index (χ1n) is 6.70. The monoisotopic (exact) mass is 213 g/mol. The van der Waals surface area contributed by atoms with Crippen LogP contribution in [0.1, 0.15) is 58.8 Å². The Bertz CT molecular complexity index is 153. The van der Waals surface area contributed by atoms with Gasteiger partial charge in [0.1, 0.15) is 0 Å². The summed E-state index contributed by atoms with van der Waals surface area (Å²) < 4.78 is 0. The van der Waals surface area contributed by atoms with E-state index in [0.717, 1.165) is 32.0 Å². The minimum Gasteiger partial charge on any atom is -0.393 e. The summed E-state index contributed by atoms with van der Waals surface area (Å²) in [7, 11) is 0. The van der Waals surface area contributed by atoms with Crippen LogP contribution in [0.4, 0.5) is 0 Å². The molecule has 0 aromatic rings. The van der Waals surface area contributed by atoms with Gasteiger partial charge in [-0.15, -0.1) is 0 Å². The third-order valence-electron chi connectivity index (χ3n) is 3.53. The Balaban J connectivity index is 2.33. The maximum absolute atomic E-state index is 9.49. The van der Waals surface area contributed by atoms with Gasteiger partial charge in [-0.1, -0.05) is 33.1 Å². The number of hydrogen-bond donors (Lipinski definition) is 1. The number of hydrogen-bond acceptors (Lipinski definition) is 2. The van der Waals surface area contributed by atoms with Crippen LogP contribution >= 0.6 is 0 Å². The van der Waals surface area contributed by atoms with Gasteiger partial charge in [-0.3, -0.25) is 0 Å². The second kappa shape index (κ2) is 7.24. The Morgan fingerprint density at radius 2 is 1.80 bits per heavy atom. The number of aliphatic hydroxyl groups excluding tert-OH is 1. The van der Waals surface area contributed by atoms with Crippen molar-refractivity contribution in [3.05, 3.63) is 0 Å². The van der Waals surface area contributed by atoms with E-state index in [1.54, 1.807) is 0 Å². The van der Waals surface area contributed by atoms with Gasteiger partial charge in [0.25, 0.3) is 0 Å². The highest BCUT2D eigenvalue weighted by Gasteiger charge is 2.22. The molecule has 1 rings (SSSR count). The zero-order chi connectivity index (χ0) is 11.1. The summed E-state index contributed by atoms with van der Waals surface area (Å²) in [6.07, 6.45) is 8.54. The molecule has 0 spiro atoms. The molecular formula is C13H27NO. The van der Waals surface area contributed by atoms with Gasteiger partial charge in [-0.2, -0.15) is 0 Å². The van der Waals surface area contributed by atoms with Crippen molar-refractivity contribution in [2.75, 3.05) is 13.1 Å². The van der Waals surface area contributed by atoms with Crippen molar-refractivity contribution in [1.29, 1.82) is 0 Å². The molecule has 90 valence electrons. The van der Waals surface area contributed by atoms with Crippen molar-refractivity contribution < 1.29 is 5.11 Å². The van der Waals surface area contributed by atoms with Crippen molar-refractivity contribution in [1.82, 2.24) is 4.90 Å². The first-order valence-corrected chi connectivity index (χ1v) is 6.70. The second-order valence-corrected chi connectivity index (χ2v) is 4.85. The molecule has 1 fully saturated rings. The number of likely N-dealkylation sites (tertiary alicyclic amines) is 1. The first-order chi connectivity index (χ1) is 7.27. The molecule has 1 atom stereocenters. The van der Waals surface area contributed by atoms with E-state index in [2.05, 4.69) is 18.7 Å². The van der Waals surface area contributed by atoms with E-state index in [0.29, 0.717) is 0 Å². The lowest BCUT2D eigenvalue weighted by atomic mass is 9.99. The molecule has 1 saturated heterocycles. The largest absolute Gasteiger partial charge is 0.393 e. The van der Waals surface area contributed by atoms with E-state index in [9.17, 15) is 5.11 Å². The first kappa shape index (κ1) is 13.0. The van der Waals surface area contributed by atoms with Gasteiger partial charge in [0.05, 0.1) is 6.10 Å². The summed E-state index contributed by atoms with van der Waals surface area (Å²) in [4.78, 5) is 2.60. The van der Waals surface area contributed by atoms with E-state index in [-0.39, 0.29) is 6.10 Å². The fraction of sp³-hybridized carbons (Fsp3) is 1.00. The summed E-state index contributed by atoms with van der Waals surface area (Å²) in [5, 5.41) is 9.49. The fourth-order valence-electron chi connectivity index (χ4n) is 2.53. The van der Waals surface area contributed by atoms with Gasteiger partial charge in [0, 0.05) is 19.1 Å². The fourth-order valence-corrected chi connectivity index (χ4v) is 2.53. The predicted molar refractivity (Wildman–Crippen MR) is 65.0 cm³/mol. The number of nitrogens with zero attached hydrogens (tertiary/aromatic N) is 1. The molecule has 0 aliphatic carbocycles. The van der Waals surface area contributed by atoms with Crippen molar-refractivity contribution in [3.8, 4) is 0 Å². The smallest absolute Gasteiger partial charge is 0.0564 e. The summed E-state index contributed by atoms with van der Waals surface area (Å²) in [6.45, 7) is 6.76. The highest BCUT2D eigenvalue weighted by Crippen LogP contribution is 2.19. The Morgan fingerprint density at radius 1 is 1.13 bits per heavy atom. The lowest BCUT2D eigenvalue weighted by molar-refractivity contribution is 0.0553. The average molecular weight is 213 g/mol. The molecule has 1 N–H and O–H groups in total. The number of aliphatic hydroxyl groups is 1. The molecule has 0 aromatic carbocycles. The van der Waals surface area contributed by atoms with Crippen molar-refractivity contribution in [2.45, 2.75) is 70.9 Å². The van der Waals surface area contributed by atoms with Gasteiger partial charge >= 0.3 is 0 Å². The van der Waals surface area contributed by atoms with E-state index in [4.69, 9.17) is 0 Å². The Labute approximate surface area is 94.7 Å². The molecular weight excluding hydrogens is 186 g/mol. The summed E-state index contributed by atoms with van der Waals surface area (Å²) >= 11 is 0. The molecule has 0 aromatic heterocycles. The molecule has 0 saturated carbocycles. The van der Waals surface area contributed by atoms with Crippen LogP contribution in [0, 0.1) is 0 Å². The van der Waals surface area contributed by atoms with Crippen LogP contribution in [-0.4, -0.2) is 35.2 Å². The molecule has 0 bridgehead atoms. The van der Waals surface area contributed by atoms with Crippen LogP contribution in [0.3, 0.4) is 0 Å². The zero-order valence-corrected chi connectivity index (χ0v) is 10.4. The third-order valence-corrected chi connectivity index (χ3v) is 3.53. The van der Waals surface area contributed by atoms with E-state index >= 15 is 0 Å². The summed E-state index contributed by atoms with van der Waals surface area (Å²) in [5.74, 6) is 0. The molecule has 15 heavy (non-hydrogen) atoms. The number of unbranched alkanes of at least 4 members (excludes halogenated alkanes) is 1. The quantitative estimate of drug-likeness (QED) is 0.733. The van der Waals surface area contributed by atoms with Gasteiger partial charge in [0.2, 0.25) is 0 Å². The molecule has 0 amide bonds. The minimum absolute atomic E-state index is 0.0327. The van der Waals surface area contributed by atoms with Crippen LogP contribution in [0.5, 0.6) is 0 Å². The summed E-state index contributed by atoms with van der Waals surface area (Å²) in [6, 6.07) is 0.780. The highest BCUT2D eigenvalue weighted by molar-refractivity contribution is 4.77. The standard InChI is InChI=1S/C13H27NO/c1-3-5-7-12(6-4-2)14-10-8-13(15)9-11-14/h12-13,15H,3-11H2,1-2H3. The topological polar surface area (TPSA) is 23.5 Å². The molecule has 1 unspecified atom stereocenters. The van der Waals surface area contributed by atoms with Gasteiger partial charge in [-0.25, -0.2) is 0 Å². The molecule has 2 heteroatoms. The predicted octanol–water partition coefficient (Wildman–Crippen LogP) is 2.80. The van der Waals surface area contributed by atoms with E-state index in [1.165, 1.54) is 32.1 Å². The molecule has 1 aliphatic rings. The molecule has 0 radical (unpaired) electrons. The third kappa shape index (κ3) is 4.52. The lowest BCUT2D eigenvalue weighted by Crippen LogP contribution is -2.42. The van der Waals surface area contributed by atoms with Crippen LogP contribution in [0.25, 0.3) is 0 Å². The number of rotatable bonds is 6. The molecule has 2 nitrogen and oxygen atoms in total. The normalized spacial score (nSPS) is 21.8. The highest BCUT2D eigenvalue weighted by atomic mass is 16.3. The Kier molecular flexibility index (Phi) is 6.26. The van der Waals surface area contributed by atoms with Gasteiger partial charge in [0.15, 0.2) is 0 Å². The summed E-state index contributed by atoms with van der Waals surface area (Å²) in [5.41, 5.74) is 0. The second-order valence-electron chi connectivity index (χ2n) is 4.85. The van der Waals surface area contributed by atoms with Crippen molar-refractivity contribution in [3.63, 3.8) is 0 Å². The maximum atomic E-state index is 9.49. The van der Waals surface area contributed by atoms with Gasteiger partial charge < -0.3 is 10.0 Å². The zero-order valence-electron chi connectivity index (χ0n) is 10.4. The molecule has 1 heterocycles. The van der Waals surface area contributed by atoms with E-state index in [1.807, 2.05) is 0 Å².